The van der Waals surface area contributed by atoms with Gasteiger partial charge in [-0.25, -0.2) is 0 Å². The maximum atomic E-state index is 12.2. The first-order valence-corrected chi connectivity index (χ1v) is 7.43. The van der Waals surface area contributed by atoms with Crippen LogP contribution in [0.15, 0.2) is 0 Å². The van der Waals surface area contributed by atoms with Crippen molar-refractivity contribution >= 4 is 10.8 Å². The SMILES string of the molecule is CC1CCC(S(=O)C(C)CCN)CC1C. The molecule has 5 unspecified atom stereocenters. The molecule has 0 saturated heterocycles. The molecule has 15 heavy (non-hydrogen) atoms. The van der Waals surface area contributed by atoms with Gasteiger partial charge >= 0.3 is 0 Å². The maximum absolute atomic E-state index is 12.2. The summed E-state index contributed by atoms with van der Waals surface area (Å²) in [6.07, 6.45) is 4.43. The Morgan fingerprint density at radius 1 is 1.33 bits per heavy atom. The van der Waals surface area contributed by atoms with Crippen LogP contribution >= 0.6 is 0 Å². The van der Waals surface area contributed by atoms with Crippen LogP contribution in [0.4, 0.5) is 0 Å². The maximum Gasteiger partial charge on any atom is 0.0353 e. The van der Waals surface area contributed by atoms with E-state index in [0.29, 0.717) is 11.8 Å². The van der Waals surface area contributed by atoms with Crippen molar-refractivity contribution in [2.24, 2.45) is 17.6 Å². The molecule has 0 heterocycles. The zero-order chi connectivity index (χ0) is 11.4. The van der Waals surface area contributed by atoms with E-state index >= 15 is 0 Å². The molecule has 2 nitrogen and oxygen atoms in total. The van der Waals surface area contributed by atoms with Gasteiger partial charge in [0.25, 0.3) is 0 Å². The lowest BCUT2D eigenvalue weighted by atomic mass is 9.81. The average Bonchev–Trinajstić information content (AvgIpc) is 2.21. The number of hydrogen-bond acceptors (Lipinski definition) is 2. The van der Waals surface area contributed by atoms with Crippen LogP contribution in [-0.2, 0) is 10.8 Å². The number of nitrogens with two attached hydrogens (primary N) is 1. The van der Waals surface area contributed by atoms with Gasteiger partial charge in [-0.05, 0) is 44.1 Å². The molecule has 5 atom stereocenters. The second-order valence-corrected chi connectivity index (χ2v) is 7.23. The van der Waals surface area contributed by atoms with E-state index in [0.717, 1.165) is 31.1 Å². The van der Waals surface area contributed by atoms with E-state index in [4.69, 9.17) is 5.73 Å². The van der Waals surface area contributed by atoms with E-state index in [1.807, 2.05) is 0 Å². The van der Waals surface area contributed by atoms with Gasteiger partial charge in [0.05, 0.1) is 0 Å². The third kappa shape index (κ3) is 3.56. The van der Waals surface area contributed by atoms with E-state index in [1.54, 1.807) is 0 Å². The second-order valence-electron chi connectivity index (χ2n) is 5.11. The van der Waals surface area contributed by atoms with Gasteiger partial charge in [0.15, 0.2) is 0 Å². The molecule has 0 aromatic heterocycles. The predicted molar refractivity (Wildman–Crippen MR) is 67.2 cm³/mol. The number of hydrogen-bond donors (Lipinski definition) is 1. The molecule has 0 spiro atoms. The highest BCUT2D eigenvalue weighted by Crippen LogP contribution is 2.33. The monoisotopic (exact) mass is 231 g/mol. The standard InChI is InChI=1S/C12H25NOS/c1-9-4-5-12(8-10(9)2)15(14)11(3)6-7-13/h9-12H,4-8,13H2,1-3H3. The Bertz CT molecular complexity index is 220. The molecule has 0 bridgehead atoms. The smallest absolute Gasteiger partial charge is 0.0353 e. The molecular formula is C12H25NOS. The summed E-state index contributed by atoms with van der Waals surface area (Å²) in [4.78, 5) is 0. The zero-order valence-electron chi connectivity index (χ0n) is 10.2. The van der Waals surface area contributed by atoms with Crippen molar-refractivity contribution in [1.29, 1.82) is 0 Å². The highest BCUT2D eigenvalue weighted by Gasteiger charge is 2.30. The Morgan fingerprint density at radius 3 is 2.53 bits per heavy atom. The lowest BCUT2D eigenvalue weighted by Gasteiger charge is -2.32. The third-order valence-electron chi connectivity index (χ3n) is 3.85. The summed E-state index contributed by atoms with van der Waals surface area (Å²) in [5.74, 6) is 1.54. The Labute approximate surface area is 96.5 Å². The van der Waals surface area contributed by atoms with Crippen molar-refractivity contribution in [3.8, 4) is 0 Å². The van der Waals surface area contributed by atoms with Crippen molar-refractivity contribution in [2.45, 2.75) is 57.0 Å². The van der Waals surface area contributed by atoms with Gasteiger partial charge in [0, 0.05) is 21.3 Å². The molecule has 0 aromatic carbocycles. The molecule has 3 heteroatoms. The normalized spacial score (nSPS) is 36.1. The minimum absolute atomic E-state index is 0.278. The lowest BCUT2D eigenvalue weighted by Crippen LogP contribution is -2.32. The van der Waals surface area contributed by atoms with Gasteiger partial charge in [-0.1, -0.05) is 20.8 Å². The largest absolute Gasteiger partial charge is 0.330 e. The van der Waals surface area contributed by atoms with Crippen LogP contribution in [-0.4, -0.2) is 21.3 Å². The van der Waals surface area contributed by atoms with Gasteiger partial charge in [-0.2, -0.15) is 0 Å². The first-order chi connectivity index (χ1) is 7.06. The summed E-state index contributed by atoms with van der Waals surface area (Å²) in [6.45, 7) is 7.34. The van der Waals surface area contributed by atoms with E-state index in [2.05, 4.69) is 20.8 Å². The Hall–Kier alpha value is 0.110. The first-order valence-electron chi connectivity index (χ1n) is 6.15. The number of rotatable bonds is 4. The summed E-state index contributed by atoms with van der Waals surface area (Å²) in [5.41, 5.74) is 5.51. The molecule has 0 radical (unpaired) electrons. The van der Waals surface area contributed by atoms with Gasteiger partial charge in [-0.15, -0.1) is 0 Å². The van der Waals surface area contributed by atoms with E-state index < -0.39 is 10.8 Å². The highest BCUT2D eigenvalue weighted by atomic mass is 32.2. The summed E-state index contributed by atoms with van der Waals surface area (Å²) in [7, 11) is -0.667. The van der Waals surface area contributed by atoms with Gasteiger partial charge in [0.2, 0.25) is 0 Å². The van der Waals surface area contributed by atoms with E-state index in [1.165, 1.54) is 6.42 Å². The Kier molecular flexibility index (Phi) is 5.27. The molecule has 1 fully saturated rings. The summed E-state index contributed by atoms with van der Waals surface area (Å²) >= 11 is 0. The quantitative estimate of drug-likeness (QED) is 0.807. The van der Waals surface area contributed by atoms with Crippen molar-refractivity contribution < 1.29 is 4.21 Å². The van der Waals surface area contributed by atoms with Crippen LogP contribution in [0.5, 0.6) is 0 Å². The summed E-state index contributed by atoms with van der Waals surface area (Å²) in [5, 5.41) is 0.707. The predicted octanol–water partition coefficient (Wildman–Crippen LogP) is 2.30. The zero-order valence-corrected chi connectivity index (χ0v) is 11.1. The molecule has 90 valence electrons. The molecular weight excluding hydrogens is 206 g/mol. The lowest BCUT2D eigenvalue weighted by molar-refractivity contribution is 0.280. The van der Waals surface area contributed by atoms with Crippen LogP contribution in [0.25, 0.3) is 0 Å². The molecule has 2 N–H and O–H groups in total. The highest BCUT2D eigenvalue weighted by molar-refractivity contribution is 7.86. The molecule has 1 aliphatic rings. The fourth-order valence-corrected chi connectivity index (χ4v) is 4.28. The molecule has 1 rings (SSSR count). The van der Waals surface area contributed by atoms with E-state index in [9.17, 15) is 4.21 Å². The van der Waals surface area contributed by atoms with Crippen LogP contribution in [0, 0.1) is 11.8 Å². The van der Waals surface area contributed by atoms with Crippen molar-refractivity contribution in [2.75, 3.05) is 6.54 Å². The second kappa shape index (κ2) is 6.00. The van der Waals surface area contributed by atoms with Crippen LogP contribution in [0.2, 0.25) is 0 Å². The van der Waals surface area contributed by atoms with Gasteiger partial charge in [0.1, 0.15) is 0 Å². The van der Waals surface area contributed by atoms with Crippen LogP contribution in [0.1, 0.15) is 46.5 Å². The molecule has 0 aliphatic heterocycles. The topological polar surface area (TPSA) is 43.1 Å². The Morgan fingerprint density at radius 2 is 2.00 bits per heavy atom. The fourth-order valence-electron chi connectivity index (χ4n) is 2.39. The molecule has 0 aromatic rings. The Balaban J connectivity index is 2.47. The average molecular weight is 231 g/mol. The molecule has 1 aliphatic carbocycles. The van der Waals surface area contributed by atoms with Gasteiger partial charge < -0.3 is 5.73 Å². The molecule has 1 saturated carbocycles. The van der Waals surface area contributed by atoms with Crippen molar-refractivity contribution in [3.63, 3.8) is 0 Å². The van der Waals surface area contributed by atoms with Gasteiger partial charge in [-0.3, -0.25) is 4.21 Å². The van der Waals surface area contributed by atoms with Crippen molar-refractivity contribution in [3.05, 3.63) is 0 Å². The van der Waals surface area contributed by atoms with Crippen LogP contribution in [0.3, 0.4) is 0 Å². The minimum Gasteiger partial charge on any atom is -0.330 e. The summed E-state index contributed by atoms with van der Waals surface area (Å²) in [6, 6.07) is 0. The first kappa shape index (κ1) is 13.2. The van der Waals surface area contributed by atoms with E-state index in [-0.39, 0.29) is 5.25 Å². The fraction of sp³-hybridized carbons (Fsp3) is 1.00. The summed E-state index contributed by atoms with van der Waals surface area (Å²) < 4.78 is 12.2. The minimum atomic E-state index is -0.667. The van der Waals surface area contributed by atoms with Crippen LogP contribution < -0.4 is 5.73 Å². The van der Waals surface area contributed by atoms with Crippen molar-refractivity contribution in [1.82, 2.24) is 0 Å². The molecule has 0 amide bonds. The third-order valence-corrected chi connectivity index (χ3v) is 5.96.